The molecule has 0 aliphatic carbocycles. The largest absolute Gasteiger partial charge is 0.496 e. The van der Waals surface area contributed by atoms with Crippen molar-refractivity contribution in [3.63, 3.8) is 0 Å². The van der Waals surface area contributed by atoms with Crippen molar-refractivity contribution in [1.29, 1.82) is 0 Å². The third kappa shape index (κ3) is 4.94. The molecule has 9 heteroatoms. The Morgan fingerprint density at radius 1 is 1.00 bits per heavy atom. The van der Waals surface area contributed by atoms with Gasteiger partial charge in [0.25, 0.3) is 0 Å². The number of ether oxygens (including phenoxy) is 3. The molecule has 1 amide bonds. The minimum atomic E-state index is -3.71. The van der Waals surface area contributed by atoms with Crippen LogP contribution in [0.5, 0.6) is 17.2 Å². The second-order valence-electron chi connectivity index (χ2n) is 7.39. The molecule has 168 valence electrons. The smallest absolute Gasteiger partial charge is 0.243 e. The van der Waals surface area contributed by atoms with Gasteiger partial charge < -0.3 is 19.5 Å². The first-order chi connectivity index (χ1) is 14.8. The molecule has 0 aromatic heterocycles. The highest BCUT2D eigenvalue weighted by Crippen LogP contribution is 2.31. The number of nitrogens with zero attached hydrogens (tertiary/aromatic N) is 1. The van der Waals surface area contributed by atoms with Gasteiger partial charge in [-0.3, -0.25) is 4.79 Å². The van der Waals surface area contributed by atoms with E-state index in [1.807, 2.05) is 0 Å². The Hall–Kier alpha value is -2.78. The Labute approximate surface area is 183 Å². The summed E-state index contributed by atoms with van der Waals surface area (Å²) in [5, 5.41) is 2.86. The molecule has 0 bridgehead atoms. The second kappa shape index (κ2) is 9.57. The van der Waals surface area contributed by atoms with E-state index in [-0.39, 0.29) is 17.3 Å². The fourth-order valence-electron chi connectivity index (χ4n) is 3.69. The first-order valence-electron chi connectivity index (χ1n) is 9.97. The van der Waals surface area contributed by atoms with E-state index in [1.54, 1.807) is 44.4 Å². The fourth-order valence-corrected chi connectivity index (χ4v) is 5.30. The zero-order valence-electron chi connectivity index (χ0n) is 18.2. The molecule has 0 unspecified atom stereocenters. The maximum atomic E-state index is 13.1. The van der Waals surface area contributed by atoms with E-state index < -0.39 is 15.9 Å². The van der Waals surface area contributed by atoms with Gasteiger partial charge in [-0.25, -0.2) is 8.42 Å². The Balaban J connectivity index is 1.74. The van der Waals surface area contributed by atoms with Crippen molar-refractivity contribution in [3.05, 3.63) is 42.0 Å². The van der Waals surface area contributed by atoms with E-state index in [0.29, 0.717) is 42.3 Å². The van der Waals surface area contributed by atoms with Crippen LogP contribution < -0.4 is 19.5 Å². The van der Waals surface area contributed by atoms with Crippen LogP contribution in [-0.4, -0.2) is 53.0 Å². The highest BCUT2D eigenvalue weighted by Gasteiger charge is 2.33. The van der Waals surface area contributed by atoms with Gasteiger partial charge in [0.2, 0.25) is 15.9 Å². The monoisotopic (exact) mass is 448 g/mol. The van der Waals surface area contributed by atoms with Crippen molar-refractivity contribution in [2.75, 3.05) is 39.7 Å². The van der Waals surface area contributed by atoms with Crippen molar-refractivity contribution in [2.24, 2.45) is 5.92 Å². The zero-order valence-corrected chi connectivity index (χ0v) is 19.0. The summed E-state index contributed by atoms with van der Waals surface area (Å²) in [7, 11) is 0.898. The molecule has 3 rings (SSSR count). The molecule has 0 radical (unpaired) electrons. The number of carbonyl (C=O) groups excluding carboxylic acids is 1. The summed E-state index contributed by atoms with van der Waals surface area (Å²) >= 11 is 0. The number of piperidine rings is 1. The third-order valence-electron chi connectivity index (χ3n) is 5.41. The normalized spacial score (nSPS) is 17.1. The van der Waals surface area contributed by atoms with E-state index in [0.717, 1.165) is 5.56 Å². The average molecular weight is 449 g/mol. The third-order valence-corrected chi connectivity index (χ3v) is 7.27. The average Bonchev–Trinajstić information content (AvgIpc) is 2.78. The quantitative estimate of drug-likeness (QED) is 0.700. The summed E-state index contributed by atoms with van der Waals surface area (Å²) in [6.07, 6.45) is 1.23. The van der Waals surface area contributed by atoms with Gasteiger partial charge >= 0.3 is 0 Å². The molecule has 1 heterocycles. The highest BCUT2D eigenvalue weighted by atomic mass is 32.2. The van der Waals surface area contributed by atoms with Crippen LogP contribution >= 0.6 is 0 Å². The lowest BCUT2D eigenvalue weighted by atomic mass is 9.98. The van der Waals surface area contributed by atoms with E-state index in [2.05, 4.69) is 5.32 Å². The van der Waals surface area contributed by atoms with Crippen LogP contribution in [0.1, 0.15) is 18.4 Å². The molecule has 31 heavy (non-hydrogen) atoms. The standard InChI is InChI=1S/C22H28N2O6S/c1-15-12-18(8-10-19(15)28-2)31(26,27)24-11-5-6-16(14-24)22(25)23-17-7-9-20(29-3)21(13-17)30-4/h7-10,12-13,16H,5-6,11,14H2,1-4H3,(H,23,25)/t16-/m1/s1. The number of aryl methyl sites for hydroxylation is 1. The van der Waals surface area contributed by atoms with Crippen LogP contribution in [0.3, 0.4) is 0 Å². The van der Waals surface area contributed by atoms with Crippen LogP contribution in [0.15, 0.2) is 41.3 Å². The number of carbonyl (C=O) groups is 1. The molecular formula is C22H28N2O6S. The van der Waals surface area contributed by atoms with Gasteiger partial charge in [0.05, 0.1) is 32.1 Å². The molecule has 1 saturated heterocycles. The van der Waals surface area contributed by atoms with Gasteiger partial charge in [-0.15, -0.1) is 0 Å². The number of methoxy groups -OCH3 is 3. The minimum absolute atomic E-state index is 0.131. The van der Waals surface area contributed by atoms with Crippen LogP contribution in [-0.2, 0) is 14.8 Å². The van der Waals surface area contributed by atoms with Gasteiger partial charge in [0.15, 0.2) is 11.5 Å². The van der Waals surface area contributed by atoms with Crippen molar-refractivity contribution in [3.8, 4) is 17.2 Å². The molecule has 1 aliphatic rings. The Kier molecular flexibility index (Phi) is 7.07. The van der Waals surface area contributed by atoms with Gasteiger partial charge in [-0.2, -0.15) is 4.31 Å². The molecule has 0 saturated carbocycles. The fraction of sp³-hybridized carbons (Fsp3) is 0.409. The van der Waals surface area contributed by atoms with Crippen molar-refractivity contribution < 1.29 is 27.4 Å². The van der Waals surface area contributed by atoms with Crippen LogP contribution in [0.2, 0.25) is 0 Å². The maximum absolute atomic E-state index is 13.1. The molecule has 1 fully saturated rings. The number of benzene rings is 2. The summed E-state index contributed by atoms with van der Waals surface area (Å²) < 4.78 is 43.4. The maximum Gasteiger partial charge on any atom is 0.243 e. The van der Waals surface area contributed by atoms with Crippen molar-refractivity contribution in [2.45, 2.75) is 24.7 Å². The minimum Gasteiger partial charge on any atom is -0.496 e. The lowest BCUT2D eigenvalue weighted by Gasteiger charge is -2.31. The number of hydrogen-bond acceptors (Lipinski definition) is 6. The Morgan fingerprint density at radius 3 is 2.32 bits per heavy atom. The van der Waals surface area contributed by atoms with Crippen molar-refractivity contribution in [1.82, 2.24) is 4.31 Å². The number of anilines is 1. The first-order valence-corrected chi connectivity index (χ1v) is 11.4. The molecule has 1 N–H and O–H groups in total. The van der Waals surface area contributed by atoms with Gasteiger partial charge in [-0.05, 0) is 55.7 Å². The van der Waals surface area contributed by atoms with Crippen LogP contribution in [0.4, 0.5) is 5.69 Å². The molecule has 0 spiro atoms. The van der Waals surface area contributed by atoms with Crippen LogP contribution in [0.25, 0.3) is 0 Å². The summed E-state index contributed by atoms with van der Waals surface area (Å²) in [5.74, 6) is 1.02. The summed E-state index contributed by atoms with van der Waals surface area (Å²) in [4.78, 5) is 13.0. The summed E-state index contributed by atoms with van der Waals surface area (Å²) in [6, 6.07) is 9.88. The number of nitrogens with one attached hydrogen (secondary N) is 1. The topological polar surface area (TPSA) is 94.2 Å². The van der Waals surface area contributed by atoms with E-state index in [4.69, 9.17) is 14.2 Å². The number of amides is 1. The molecule has 1 atom stereocenters. The predicted octanol–water partition coefficient (Wildman–Crippen LogP) is 3.06. The summed E-state index contributed by atoms with van der Waals surface area (Å²) in [5.41, 5.74) is 1.30. The number of rotatable bonds is 7. The first kappa shape index (κ1) is 22.9. The van der Waals surface area contributed by atoms with Gasteiger partial charge in [0.1, 0.15) is 5.75 Å². The number of hydrogen-bond donors (Lipinski definition) is 1. The van der Waals surface area contributed by atoms with E-state index in [1.165, 1.54) is 24.6 Å². The van der Waals surface area contributed by atoms with Crippen LogP contribution in [0, 0.1) is 12.8 Å². The second-order valence-corrected chi connectivity index (χ2v) is 9.33. The molecule has 1 aliphatic heterocycles. The molecular weight excluding hydrogens is 420 g/mol. The SMILES string of the molecule is COc1ccc(S(=O)(=O)N2CCC[C@@H](C(=O)Nc3ccc(OC)c(OC)c3)C2)cc1C. The Bertz CT molecular complexity index is 1050. The molecule has 2 aromatic rings. The van der Waals surface area contributed by atoms with Gasteiger partial charge in [0, 0.05) is 24.8 Å². The molecule has 2 aromatic carbocycles. The lowest BCUT2D eigenvalue weighted by Crippen LogP contribution is -2.43. The zero-order chi connectivity index (χ0) is 22.6. The van der Waals surface area contributed by atoms with E-state index in [9.17, 15) is 13.2 Å². The summed E-state index contributed by atoms with van der Waals surface area (Å²) in [6.45, 7) is 2.31. The predicted molar refractivity (Wildman–Crippen MR) is 117 cm³/mol. The van der Waals surface area contributed by atoms with E-state index >= 15 is 0 Å². The Morgan fingerprint density at radius 2 is 1.68 bits per heavy atom. The lowest BCUT2D eigenvalue weighted by molar-refractivity contribution is -0.120. The molecule has 8 nitrogen and oxygen atoms in total. The van der Waals surface area contributed by atoms with Gasteiger partial charge in [-0.1, -0.05) is 0 Å². The highest BCUT2D eigenvalue weighted by molar-refractivity contribution is 7.89. The number of sulfonamides is 1. The van der Waals surface area contributed by atoms with Crippen molar-refractivity contribution >= 4 is 21.6 Å².